The summed E-state index contributed by atoms with van der Waals surface area (Å²) in [5.74, 6) is 0.407. The summed E-state index contributed by atoms with van der Waals surface area (Å²) in [7, 11) is -4.00. The van der Waals surface area contributed by atoms with Crippen LogP contribution in [0.15, 0.2) is 30.3 Å². The summed E-state index contributed by atoms with van der Waals surface area (Å²) in [5.41, 5.74) is 0.0826. The van der Waals surface area contributed by atoms with Crippen LogP contribution in [0, 0.1) is 28.1 Å². The SMILES string of the molecule is C[C@H]1CCC[N@@+]1(C(=O)O)S(=O)(=O)C[C@]12CC[C@@H]([C@@H]3CC(OC(c4ccccc4)C(C)(C)C)O[C@@H]31)C2(C)C. The van der Waals surface area contributed by atoms with Crippen LogP contribution in [0.5, 0.6) is 0 Å². The second-order valence-corrected chi connectivity index (χ2v) is 15.8. The molecule has 2 heterocycles. The Balaban J connectivity index is 1.45. The molecule has 8 atom stereocenters. The molecule has 1 N–H and O–H groups in total. The number of carbonyl (C=O) groups is 1. The zero-order valence-electron chi connectivity index (χ0n) is 23.1. The number of rotatable bonds is 6. The fourth-order valence-corrected chi connectivity index (χ4v) is 11.5. The normalized spacial score (nSPS) is 39.6. The van der Waals surface area contributed by atoms with Gasteiger partial charge in [0, 0.05) is 24.7 Å². The lowest BCUT2D eigenvalue weighted by Gasteiger charge is -2.43. The topological polar surface area (TPSA) is 89.9 Å². The van der Waals surface area contributed by atoms with E-state index in [0.717, 1.165) is 24.8 Å². The second kappa shape index (κ2) is 8.77. The zero-order chi connectivity index (χ0) is 27.0. The number of quaternary nitrogens is 1. The third kappa shape index (κ3) is 3.84. The summed E-state index contributed by atoms with van der Waals surface area (Å²) in [6.45, 7) is 12.7. The van der Waals surface area contributed by atoms with Gasteiger partial charge in [0.15, 0.2) is 6.29 Å². The van der Waals surface area contributed by atoms with Crippen LogP contribution in [0.3, 0.4) is 0 Å². The molecular weight excluding hydrogens is 490 g/mol. The Labute approximate surface area is 222 Å². The largest absolute Gasteiger partial charge is 0.529 e. The molecular formula is C29H44NO6S+. The lowest BCUT2D eigenvalue weighted by atomic mass is 9.69. The molecule has 8 heteroatoms. The first-order chi connectivity index (χ1) is 17.2. The molecule has 1 aromatic rings. The average molecular weight is 535 g/mol. The molecule has 2 aliphatic heterocycles. The number of sulfonamides is 1. The number of hydrogen-bond donors (Lipinski definition) is 1. The summed E-state index contributed by atoms with van der Waals surface area (Å²) in [6, 6.07) is 9.75. The van der Waals surface area contributed by atoms with E-state index < -0.39 is 37.8 Å². The van der Waals surface area contributed by atoms with Gasteiger partial charge >= 0.3 is 16.1 Å². The highest BCUT2D eigenvalue weighted by atomic mass is 32.2. The van der Waals surface area contributed by atoms with Gasteiger partial charge in [-0.25, -0.2) is 0 Å². The molecule has 4 fully saturated rings. The Morgan fingerprint density at radius 3 is 2.46 bits per heavy atom. The number of fused-ring (bicyclic) bond motifs is 5. The quantitative estimate of drug-likeness (QED) is 0.453. The first kappa shape index (κ1) is 27.1. The van der Waals surface area contributed by atoms with Crippen molar-refractivity contribution in [2.24, 2.45) is 28.1 Å². The van der Waals surface area contributed by atoms with Gasteiger partial charge in [-0.05, 0) is 48.0 Å². The second-order valence-electron chi connectivity index (χ2n) is 13.7. The number of hydrogen-bond acceptors (Lipinski definition) is 5. The average Bonchev–Trinajstić information content (AvgIpc) is 3.50. The molecule has 0 aromatic heterocycles. The third-order valence-corrected chi connectivity index (χ3v) is 13.2. The fourth-order valence-electron chi connectivity index (χ4n) is 8.60. The van der Waals surface area contributed by atoms with Crippen LogP contribution in [0.4, 0.5) is 4.79 Å². The Morgan fingerprint density at radius 2 is 1.89 bits per heavy atom. The molecule has 5 rings (SSSR count). The van der Waals surface area contributed by atoms with Gasteiger partial charge in [-0.1, -0.05) is 65.0 Å². The summed E-state index contributed by atoms with van der Waals surface area (Å²) >= 11 is 0. The van der Waals surface area contributed by atoms with E-state index in [1.54, 1.807) is 6.92 Å². The van der Waals surface area contributed by atoms with E-state index in [9.17, 15) is 18.3 Å². The van der Waals surface area contributed by atoms with Gasteiger partial charge in [-0.3, -0.25) is 0 Å². The fraction of sp³-hybridized carbons (Fsp3) is 0.759. The summed E-state index contributed by atoms with van der Waals surface area (Å²) in [5, 5.41) is 10.2. The minimum absolute atomic E-state index is 0.143. The van der Waals surface area contributed by atoms with Gasteiger partial charge in [-0.2, -0.15) is 13.2 Å². The van der Waals surface area contributed by atoms with Crippen LogP contribution < -0.4 is 0 Å². The predicted molar refractivity (Wildman–Crippen MR) is 141 cm³/mol. The van der Waals surface area contributed by atoms with Crippen molar-refractivity contribution < 1.29 is 31.7 Å². The molecule has 0 radical (unpaired) electrons. The lowest BCUT2D eigenvalue weighted by Crippen LogP contribution is -2.62. The molecule has 37 heavy (non-hydrogen) atoms. The molecule has 2 saturated carbocycles. The van der Waals surface area contributed by atoms with Gasteiger partial charge in [0.1, 0.15) is 18.3 Å². The lowest BCUT2D eigenvalue weighted by molar-refractivity contribution is -0.741. The van der Waals surface area contributed by atoms with E-state index in [4.69, 9.17) is 9.47 Å². The van der Waals surface area contributed by atoms with E-state index in [1.165, 1.54) is 0 Å². The molecule has 206 valence electrons. The van der Waals surface area contributed by atoms with Gasteiger partial charge in [0.2, 0.25) is 0 Å². The number of carboxylic acid groups (broad SMARTS) is 1. The van der Waals surface area contributed by atoms with E-state index in [2.05, 4.69) is 46.8 Å². The Kier molecular flexibility index (Phi) is 6.42. The maximum absolute atomic E-state index is 14.1. The zero-order valence-corrected chi connectivity index (χ0v) is 24.0. The van der Waals surface area contributed by atoms with Crippen LogP contribution in [-0.4, -0.2) is 54.2 Å². The molecule has 4 aliphatic rings. The smallest absolute Gasteiger partial charge is 0.435 e. The third-order valence-electron chi connectivity index (χ3n) is 10.6. The van der Waals surface area contributed by atoms with E-state index in [1.807, 2.05) is 18.2 Å². The summed E-state index contributed by atoms with van der Waals surface area (Å²) in [4.78, 5) is 12.5. The number of nitrogens with zero attached hydrogens (tertiary/aromatic N) is 1. The number of ether oxygens (including phenoxy) is 2. The Hall–Kier alpha value is -1.48. The molecule has 2 aliphatic carbocycles. The van der Waals surface area contributed by atoms with Crippen molar-refractivity contribution in [2.45, 2.75) is 98.2 Å². The van der Waals surface area contributed by atoms with E-state index in [0.29, 0.717) is 18.8 Å². The van der Waals surface area contributed by atoms with Crippen molar-refractivity contribution in [1.29, 1.82) is 0 Å². The summed E-state index contributed by atoms with van der Waals surface area (Å²) in [6.07, 6.45) is 1.60. The van der Waals surface area contributed by atoms with Crippen molar-refractivity contribution in [2.75, 3.05) is 12.3 Å². The highest BCUT2D eigenvalue weighted by Crippen LogP contribution is 2.72. The van der Waals surface area contributed by atoms with Crippen LogP contribution in [0.25, 0.3) is 0 Å². The maximum Gasteiger partial charge on any atom is 0.529 e. The van der Waals surface area contributed by atoms with Crippen molar-refractivity contribution in [3.63, 3.8) is 0 Å². The minimum atomic E-state index is -4.00. The van der Waals surface area contributed by atoms with Gasteiger partial charge in [-0.15, -0.1) is 3.89 Å². The molecule has 2 saturated heterocycles. The number of amides is 1. The maximum atomic E-state index is 14.1. The van der Waals surface area contributed by atoms with Gasteiger partial charge in [0.05, 0.1) is 12.2 Å². The predicted octanol–water partition coefficient (Wildman–Crippen LogP) is 5.96. The van der Waals surface area contributed by atoms with Crippen molar-refractivity contribution >= 4 is 16.1 Å². The van der Waals surface area contributed by atoms with Crippen molar-refractivity contribution in [3.8, 4) is 0 Å². The molecule has 0 spiro atoms. The Morgan fingerprint density at radius 1 is 1.22 bits per heavy atom. The van der Waals surface area contributed by atoms with Crippen molar-refractivity contribution in [3.05, 3.63) is 35.9 Å². The monoisotopic (exact) mass is 534 g/mol. The van der Waals surface area contributed by atoms with Crippen molar-refractivity contribution in [1.82, 2.24) is 0 Å². The standard InChI is InChI=1S/C29H43NO6S/c1-19-11-10-16-30(19,26(31)32)37(33,34)18-29-15-14-22(28(29,5)6)21-17-23(36-25(21)29)35-24(27(2,3)4)20-12-8-7-9-13-20/h7-9,12-13,19,21-25H,10-11,14-18H2,1-6H3/p+1/t19-,21-,22-,23?,24?,25-,29+,30+/m0/s1. The Bertz CT molecular complexity index is 1140. The highest BCUT2D eigenvalue weighted by Gasteiger charge is 2.74. The number of benzene rings is 1. The van der Waals surface area contributed by atoms with E-state index in [-0.39, 0.29) is 41.3 Å². The van der Waals surface area contributed by atoms with Crippen LogP contribution in [-0.2, 0) is 19.5 Å². The molecule has 2 unspecified atom stereocenters. The van der Waals surface area contributed by atoms with Crippen LogP contribution in [0.1, 0.15) is 85.3 Å². The van der Waals surface area contributed by atoms with Gasteiger partial charge in [0.25, 0.3) is 0 Å². The molecule has 2 bridgehead atoms. The van der Waals surface area contributed by atoms with Gasteiger partial charge < -0.3 is 14.6 Å². The molecule has 7 nitrogen and oxygen atoms in total. The molecule has 1 aromatic carbocycles. The van der Waals surface area contributed by atoms with Crippen LogP contribution >= 0.6 is 0 Å². The van der Waals surface area contributed by atoms with Crippen LogP contribution in [0.2, 0.25) is 0 Å². The molecule has 1 amide bonds. The highest BCUT2D eigenvalue weighted by molar-refractivity contribution is 7.86. The summed E-state index contributed by atoms with van der Waals surface area (Å²) < 4.78 is 40.7. The van der Waals surface area contributed by atoms with E-state index >= 15 is 0 Å². The first-order valence-electron chi connectivity index (χ1n) is 13.9. The number of likely N-dealkylation sites (tertiary alicyclic amines) is 1. The first-order valence-corrected chi connectivity index (χ1v) is 15.5. The minimum Gasteiger partial charge on any atom is -0.435 e.